The Morgan fingerprint density at radius 1 is 0.917 bits per heavy atom. The Morgan fingerprint density at radius 2 is 1.53 bits per heavy atom. The van der Waals surface area contributed by atoms with Crippen LogP contribution in [0.15, 0.2) is 59.5 Å². The van der Waals surface area contributed by atoms with Gasteiger partial charge in [-0.1, -0.05) is 35.9 Å². The molecule has 5 rings (SSSR count). The lowest BCUT2D eigenvalue weighted by atomic mass is 9.89. The standard InChI is InChI=1S/C23H25NO10S2/c1-13-9-11-15(12-10-13)35(26,27)24-16-17(24)19-20(33-23(2,3)32-19)21(34-36(28,29)30)18(16)31-22(25)14-7-5-4-6-8-14/h4-12,16-21H,1-3H3,(H,28,29,30)/t16-,17+,18+,19-,20-,21-,24?/m0/s1. The van der Waals surface area contributed by atoms with E-state index in [2.05, 4.69) is 0 Å². The second-order valence-electron chi connectivity index (χ2n) is 9.42. The molecule has 1 saturated carbocycles. The van der Waals surface area contributed by atoms with Gasteiger partial charge in [-0.2, -0.15) is 12.7 Å². The summed E-state index contributed by atoms with van der Waals surface area (Å²) in [4.78, 5) is 13.0. The molecule has 0 spiro atoms. The van der Waals surface area contributed by atoms with Crippen LogP contribution in [0, 0.1) is 6.92 Å². The predicted molar refractivity (Wildman–Crippen MR) is 124 cm³/mol. The lowest BCUT2D eigenvalue weighted by molar-refractivity contribution is -0.158. The first-order valence-corrected chi connectivity index (χ1v) is 14.0. The fraction of sp³-hybridized carbons (Fsp3) is 0.435. The topological polar surface area (TPSA) is 146 Å². The van der Waals surface area contributed by atoms with Gasteiger partial charge in [0.25, 0.3) is 0 Å². The van der Waals surface area contributed by atoms with Crippen LogP contribution in [-0.2, 0) is 38.8 Å². The van der Waals surface area contributed by atoms with Gasteiger partial charge >= 0.3 is 16.4 Å². The molecule has 2 aliphatic heterocycles. The Balaban J connectivity index is 1.57. The number of fused-ring (bicyclic) bond motifs is 3. The summed E-state index contributed by atoms with van der Waals surface area (Å²) in [7, 11) is -9.15. The quantitative estimate of drug-likeness (QED) is 0.327. The molecule has 1 unspecified atom stereocenters. The monoisotopic (exact) mass is 539 g/mol. The molecular weight excluding hydrogens is 514 g/mol. The number of hydrogen-bond acceptors (Lipinski definition) is 9. The molecule has 1 N–H and O–H groups in total. The number of sulfonamides is 1. The summed E-state index contributed by atoms with van der Waals surface area (Å²) >= 11 is 0. The third-order valence-corrected chi connectivity index (χ3v) is 8.79. The molecule has 194 valence electrons. The van der Waals surface area contributed by atoms with Crippen LogP contribution in [-0.4, -0.2) is 73.9 Å². The SMILES string of the molecule is Cc1ccc(S(=O)(=O)N2[C@@H]3[C@@H](OC(=O)c4ccccc4)[C@H](OS(=O)(=O)O)[C@H]4OC(C)(C)O[C@H]4[C@@H]32)cc1. The van der Waals surface area contributed by atoms with Crippen molar-refractivity contribution in [1.29, 1.82) is 0 Å². The number of esters is 1. The molecule has 0 aromatic heterocycles. The number of hydrogen-bond donors (Lipinski definition) is 1. The highest BCUT2D eigenvalue weighted by Gasteiger charge is 2.74. The van der Waals surface area contributed by atoms with Crippen LogP contribution in [0.1, 0.15) is 29.8 Å². The fourth-order valence-corrected chi connectivity index (χ4v) is 7.25. The van der Waals surface area contributed by atoms with E-state index in [1.807, 2.05) is 6.92 Å². The summed E-state index contributed by atoms with van der Waals surface area (Å²) < 4.78 is 83.8. The summed E-state index contributed by atoms with van der Waals surface area (Å²) in [6.45, 7) is 4.98. The Hall–Kier alpha value is -2.39. The average molecular weight is 540 g/mol. The number of carbonyl (C=O) groups excluding carboxylic acids is 1. The van der Waals surface area contributed by atoms with Gasteiger partial charge < -0.3 is 14.2 Å². The molecule has 2 saturated heterocycles. The second-order valence-corrected chi connectivity index (χ2v) is 12.3. The number of carbonyl (C=O) groups is 1. The van der Waals surface area contributed by atoms with Gasteiger partial charge in [0.1, 0.15) is 18.3 Å². The van der Waals surface area contributed by atoms with Gasteiger partial charge in [-0.05, 0) is 45.0 Å². The van der Waals surface area contributed by atoms with E-state index in [0.717, 1.165) is 9.87 Å². The summed E-state index contributed by atoms with van der Waals surface area (Å²) in [5.74, 6) is -2.04. The lowest BCUT2D eigenvalue weighted by Gasteiger charge is -2.34. The number of ether oxygens (including phenoxy) is 3. The zero-order chi connectivity index (χ0) is 26.0. The summed E-state index contributed by atoms with van der Waals surface area (Å²) in [5.41, 5.74) is 1.03. The maximum absolute atomic E-state index is 13.6. The number of benzene rings is 2. The number of aryl methyl sites for hydroxylation is 1. The van der Waals surface area contributed by atoms with Crippen molar-refractivity contribution in [2.75, 3.05) is 0 Å². The van der Waals surface area contributed by atoms with E-state index in [1.165, 1.54) is 24.3 Å². The van der Waals surface area contributed by atoms with E-state index >= 15 is 0 Å². The minimum atomic E-state index is -5.04. The zero-order valence-electron chi connectivity index (χ0n) is 19.5. The smallest absolute Gasteiger partial charge is 0.397 e. The van der Waals surface area contributed by atoms with E-state index in [-0.39, 0.29) is 10.5 Å². The van der Waals surface area contributed by atoms with Crippen molar-refractivity contribution in [2.24, 2.45) is 0 Å². The van der Waals surface area contributed by atoms with Gasteiger partial charge in [0, 0.05) is 0 Å². The lowest BCUT2D eigenvalue weighted by Crippen LogP contribution is -2.55. The van der Waals surface area contributed by atoms with Crippen molar-refractivity contribution in [3.63, 3.8) is 0 Å². The van der Waals surface area contributed by atoms with Gasteiger partial charge in [0.05, 0.1) is 22.5 Å². The first kappa shape index (κ1) is 25.3. The van der Waals surface area contributed by atoms with Gasteiger partial charge in [0.2, 0.25) is 10.0 Å². The number of nitrogens with zero attached hydrogens (tertiary/aromatic N) is 1. The summed E-state index contributed by atoms with van der Waals surface area (Å²) in [5, 5.41) is 0. The van der Waals surface area contributed by atoms with Crippen LogP contribution in [0.25, 0.3) is 0 Å². The Bertz CT molecular complexity index is 1380. The van der Waals surface area contributed by atoms with Crippen LogP contribution in [0.3, 0.4) is 0 Å². The molecule has 0 amide bonds. The minimum Gasteiger partial charge on any atom is -0.454 e. The van der Waals surface area contributed by atoms with Gasteiger partial charge in [-0.3, -0.25) is 4.55 Å². The molecule has 7 atom stereocenters. The maximum Gasteiger partial charge on any atom is 0.397 e. The van der Waals surface area contributed by atoms with Gasteiger partial charge in [-0.25, -0.2) is 17.4 Å². The molecule has 13 heteroatoms. The first-order valence-electron chi connectivity index (χ1n) is 11.2. The Morgan fingerprint density at radius 3 is 2.14 bits per heavy atom. The predicted octanol–water partition coefficient (Wildman–Crippen LogP) is 1.68. The molecule has 3 fully saturated rings. The van der Waals surface area contributed by atoms with Crippen molar-refractivity contribution in [3.8, 4) is 0 Å². The molecule has 2 aromatic carbocycles. The molecule has 1 aliphatic carbocycles. The van der Waals surface area contributed by atoms with Crippen LogP contribution in [0.4, 0.5) is 0 Å². The first-order chi connectivity index (χ1) is 16.8. The third kappa shape index (κ3) is 4.56. The highest BCUT2D eigenvalue weighted by molar-refractivity contribution is 7.89. The van der Waals surface area contributed by atoms with E-state index in [1.54, 1.807) is 44.2 Å². The molecule has 2 heterocycles. The average Bonchev–Trinajstić information content (AvgIpc) is 3.46. The fourth-order valence-electron chi connectivity index (χ4n) is 4.95. The van der Waals surface area contributed by atoms with E-state index in [4.69, 9.17) is 18.4 Å². The molecular formula is C23H25NO10S2. The second kappa shape index (κ2) is 8.58. The van der Waals surface area contributed by atoms with Crippen LogP contribution < -0.4 is 0 Å². The summed E-state index contributed by atoms with van der Waals surface area (Å²) in [6, 6.07) is 12.3. The Labute approximate surface area is 208 Å². The molecule has 0 radical (unpaired) electrons. The van der Waals surface area contributed by atoms with Gasteiger partial charge in [0.15, 0.2) is 11.9 Å². The van der Waals surface area contributed by atoms with Gasteiger partial charge in [-0.15, -0.1) is 0 Å². The van der Waals surface area contributed by atoms with E-state index in [0.29, 0.717) is 0 Å². The zero-order valence-corrected chi connectivity index (χ0v) is 21.2. The Kier molecular flexibility index (Phi) is 6.03. The van der Waals surface area contributed by atoms with Crippen molar-refractivity contribution in [2.45, 2.75) is 68.0 Å². The van der Waals surface area contributed by atoms with Crippen LogP contribution in [0.2, 0.25) is 0 Å². The van der Waals surface area contributed by atoms with Crippen molar-refractivity contribution in [1.82, 2.24) is 4.31 Å². The third-order valence-electron chi connectivity index (χ3n) is 6.41. The molecule has 2 aromatic rings. The van der Waals surface area contributed by atoms with E-state index in [9.17, 15) is 26.2 Å². The largest absolute Gasteiger partial charge is 0.454 e. The van der Waals surface area contributed by atoms with Crippen molar-refractivity contribution >= 4 is 26.4 Å². The van der Waals surface area contributed by atoms with Crippen LogP contribution >= 0.6 is 0 Å². The van der Waals surface area contributed by atoms with Crippen molar-refractivity contribution < 1.29 is 44.6 Å². The molecule has 0 bridgehead atoms. The minimum absolute atomic E-state index is 0.0117. The molecule has 3 aliphatic rings. The normalized spacial score (nSPS) is 32.8. The maximum atomic E-state index is 13.6. The van der Waals surface area contributed by atoms with Crippen LogP contribution in [0.5, 0.6) is 0 Å². The summed E-state index contributed by atoms with van der Waals surface area (Å²) in [6.07, 6.45) is -5.10. The highest BCUT2D eigenvalue weighted by atomic mass is 32.3. The highest BCUT2D eigenvalue weighted by Crippen LogP contribution is 2.52. The molecule has 36 heavy (non-hydrogen) atoms. The van der Waals surface area contributed by atoms with E-state index < -0.39 is 68.7 Å². The number of rotatable bonds is 6. The molecule has 11 nitrogen and oxygen atoms in total. The van der Waals surface area contributed by atoms with Crippen molar-refractivity contribution in [3.05, 3.63) is 65.7 Å².